The van der Waals surface area contributed by atoms with E-state index in [-0.39, 0.29) is 5.91 Å². The number of benzene rings is 1. The number of rotatable bonds is 5. The van der Waals surface area contributed by atoms with Gasteiger partial charge >= 0.3 is 0 Å². The van der Waals surface area contributed by atoms with Gasteiger partial charge in [0.2, 0.25) is 11.8 Å². The highest BCUT2D eigenvalue weighted by Gasteiger charge is 2.01. The van der Waals surface area contributed by atoms with Crippen molar-refractivity contribution < 1.29 is 14.0 Å². The van der Waals surface area contributed by atoms with E-state index in [1.165, 1.54) is 12.3 Å². The molecule has 0 aliphatic carbocycles. The number of hydrogen-bond acceptors (Lipinski definition) is 3. The zero-order chi connectivity index (χ0) is 14.4. The Balaban J connectivity index is 1.85. The molecule has 2 rings (SSSR count). The van der Waals surface area contributed by atoms with Gasteiger partial charge in [0.05, 0.1) is 6.26 Å². The van der Waals surface area contributed by atoms with Gasteiger partial charge in [-0.25, -0.2) is 0 Å². The molecule has 0 aliphatic heterocycles. The fraction of sp³-hybridized carbons (Fsp3) is 0.0667. The Bertz CT molecular complexity index is 613. The molecule has 20 heavy (non-hydrogen) atoms. The second-order valence-electron chi connectivity index (χ2n) is 4.13. The van der Waals surface area contributed by atoms with Gasteiger partial charge in [0.1, 0.15) is 5.76 Å². The number of hydrogen-bond donors (Lipinski definition) is 2. The van der Waals surface area contributed by atoms with Gasteiger partial charge in [-0.15, -0.1) is 0 Å². The van der Waals surface area contributed by atoms with E-state index in [2.05, 4.69) is 5.32 Å². The van der Waals surface area contributed by atoms with Gasteiger partial charge in [-0.1, -0.05) is 12.1 Å². The Labute approximate surface area is 116 Å². The third-order valence-electron chi connectivity index (χ3n) is 2.65. The van der Waals surface area contributed by atoms with Crippen molar-refractivity contribution in [1.82, 2.24) is 5.32 Å². The number of amides is 2. The molecule has 2 amide bonds. The number of nitrogens with one attached hydrogen (secondary N) is 1. The van der Waals surface area contributed by atoms with Crippen molar-refractivity contribution in [3.05, 3.63) is 65.6 Å². The van der Waals surface area contributed by atoms with Crippen LogP contribution in [0, 0.1) is 0 Å². The molecule has 3 N–H and O–H groups in total. The Morgan fingerprint density at radius 3 is 2.55 bits per heavy atom. The quantitative estimate of drug-likeness (QED) is 0.811. The standard InChI is InChI=1S/C15H14N2O3/c16-15(19)12-5-3-11(4-6-12)10-17-14(18)8-7-13-2-1-9-20-13/h1-9H,10H2,(H2,16,19)(H,17,18)/b8-7+. The summed E-state index contributed by atoms with van der Waals surface area (Å²) in [4.78, 5) is 22.5. The first-order chi connectivity index (χ1) is 9.65. The van der Waals surface area contributed by atoms with E-state index < -0.39 is 5.91 Å². The molecule has 2 aromatic rings. The van der Waals surface area contributed by atoms with Crippen molar-refractivity contribution in [2.45, 2.75) is 6.54 Å². The lowest BCUT2D eigenvalue weighted by molar-refractivity contribution is -0.116. The van der Waals surface area contributed by atoms with Crippen LogP contribution in [0.4, 0.5) is 0 Å². The largest absolute Gasteiger partial charge is 0.465 e. The smallest absolute Gasteiger partial charge is 0.248 e. The van der Waals surface area contributed by atoms with E-state index >= 15 is 0 Å². The molecule has 0 saturated heterocycles. The molecule has 0 unspecified atom stereocenters. The predicted molar refractivity (Wildman–Crippen MR) is 74.5 cm³/mol. The highest BCUT2D eigenvalue weighted by Crippen LogP contribution is 2.04. The van der Waals surface area contributed by atoms with Crippen LogP contribution in [0.1, 0.15) is 21.7 Å². The van der Waals surface area contributed by atoms with Crippen LogP contribution in [0.3, 0.4) is 0 Å². The highest BCUT2D eigenvalue weighted by molar-refractivity contribution is 5.93. The van der Waals surface area contributed by atoms with Crippen LogP contribution in [-0.2, 0) is 11.3 Å². The molecule has 0 fully saturated rings. The molecule has 0 spiro atoms. The van der Waals surface area contributed by atoms with E-state index in [0.29, 0.717) is 17.9 Å². The molecule has 1 heterocycles. The molecule has 1 aromatic heterocycles. The maximum absolute atomic E-state index is 11.6. The summed E-state index contributed by atoms with van der Waals surface area (Å²) in [7, 11) is 0. The van der Waals surface area contributed by atoms with E-state index in [9.17, 15) is 9.59 Å². The zero-order valence-corrected chi connectivity index (χ0v) is 10.7. The monoisotopic (exact) mass is 270 g/mol. The average Bonchev–Trinajstić information content (AvgIpc) is 2.96. The van der Waals surface area contributed by atoms with Gasteiger partial charge in [-0.2, -0.15) is 0 Å². The molecule has 0 aliphatic rings. The summed E-state index contributed by atoms with van der Waals surface area (Å²) in [6.07, 6.45) is 4.53. The van der Waals surface area contributed by atoms with E-state index in [0.717, 1.165) is 5.56 Å². The van der Waals surface area contributed by atoms with Crippen LogP contribution in [0.5, 0.6) is 0 Å². The van der Waals surface area contributed by atoms with Gasteiger partial charge in [-0.05, 0) is 35.9 Å². The fourth-order valence-corrected chi connectivity index (χ4v) is 1.58. The van der Waals surface area contributed by atoms with Crippen LogP contribution in [0.2, 0.25) is 0 Å². The lowest BCUT2D eigenvalue weighted by atomic mass is 10.1. The van der Waals surface area contributed by atoms with Crippen molar-refractivity contribution in [3.8, 4) is 0 Å². The van der Waals surface area contributed by atoms with E-state index in [4.69, 9.17) is 10.2 Å². The Hall–Kier alpha value is -2.82. The minimum absolute atomic E-state index is 0.222. The Morgan fingerprint density at radius 1 is 1.20 bits per heavy atom. The molecule has 0 bridgehead atoms. The van der Waals surface area contributed by atoms with Crippen LogP contribution >= 0.6 is 0 Å². The summed E-state index contributed by atoms with van der Waals surface area (Å²) >= 11 is 0. The third kappa shape index (κ3) is 3.84. The van der Waals surface area contributed by atoms with E-state index in [1.54, 1.807) is 42.5 Å². The molecule has 102 valence electrons. The summed E-state index contributed by atoms with van der Waals surface area (Å²) in [5, 5.41) is 2.73. The Morgan fingerprint density at radius 2 is 1.95 bits per heavy atom. The Kier molecular flexibility index (Phi) is 4.34. The number of nitrogens with two attached hydrogens (primary N) is 1. The second kappa shape index (κ2) is 6.38. The molecule has 0 radical (unpaired) electrons. The number of carbonyl (C=O) groups excluding carboxylic acids is 2. The SMILES string of the molecule is NC(=O)c1ccc(CNC(=O)/C=C/c2ccco2)cc1. The topological polar surface area (TPSA) is 85.3 Å². The fourth-order valence-electron chi connectivity index (χ4n) is 1.58. The minimum Gasteiger partial charge on any atom is -0.465 e. The van der Waals surface area contributed by atoms with Crippen molar-refractivity contribution in [3.63, 3.8) is 0 Å². The molecule has 0 atom stereocenters. The zero-order valence-electron chi connectivity index (χ0n) is 10.7. The van der Waals surface area contributed by atoms with Crippen molar-refractivity contribution in [2.75, 3.05) is 0 Å². The van der Waals surface area contributed by atoms with Crippen LogP contribution in [0.25, 0.3) is 6.08 Å². The third-order valence-corrected chi connectivity index (χ3v) is 2.65. The molecule has 5 heteroatoms. The van der Waals surface area contributed by atoms with Gasteiger partial charge in [0.15, 0.2) is 0 Å². The summed E-state index contributed by atoms with van der Waals surface area (Å²) in [6, 6.07) is 10.3. The first-order valence-corrected chi connectivity index (χ1v) is 6.03. The predicted octanol–water partition coefficient (Wildman–Crippen LogP) is 1.71. The number of furan rings is 1. The molecular weight excluding hydrogens is 256 g/mol. The lowest BCUT2D eigenvalue weighted by Crippen LogP contribution is -2.20. The van der Waals surface area contributed by atoms with Crippen LogP contribution < -0.4 is 11.1 Å². The summed E-state index contributed by atoms with van der Waals surface area (Å²) in [6.45, 7) is 0.375. The van der Waals surface area contributed by atoms with Gasteiger partial charge < -0.3 is 15.5 Å². The van der Waals surface area contributed by atoms with Gasteiger partial charge in [0, 0.05) is 18.2 Å². The van der Waals surface area contributed by atoms with Crippen molar-refractivity contribution in [1.29, 1.82) is 0 Å². The van der Waals surface area contributed by atoms with Crippen molar-refractivity contribution in [2.24, 2.45) is 5.73 Å². The van der Waals surface area contributed by atoms with Crippen LogP contribution in [0.15, 0.2) is 53.2 Å². The van der Waals surface area contributed by atoms with Crippen LogP contribution in [-0.4, -0.2) is 11.8 Å². The first kappa shape index (κ1) is 13.6. The molecule has 5 nitrogen and oxygen atoms in total. The van der Waals surface area contributed by atoms with Gasteiger partial charge in [-0.3, -0.25) is 9.59 Å². The average molecular weight is 270 g/mol. The molecule has 1 aromatic carbocycles. The summed E-state index contributed by atoms with van der Waals surface area (Å²) in [5.41, 5.74) is 6.47. The summed E-state index contributed by atoms with van der Waals surface area (Å²) in [5.74, 6) is -0.0756. The normalized spacial score (nSPS) is 10.6. The summed E-state index contributed by atoms with van der Waals surface area (Å²) < 4.78 is 5.07. The molecular formula is C15H14N2O3. The van der Waals surface area contributed by atoms with E-state index in [1.807, 2.05) is 0 Å². The maximum Gasteiger partial charge on any atom is 0.248 e. The molecule has 0 saturated carbocycles. The number of carbonyl (C=O) groups is 2. The number of primary amides is 1. The highest BCUT2D eigenvalue weighted by atomic mass is 16.3. The van der Waals surface area contributed by atoms with Crippen molar-refractivity contribution >= 4 is 17.9 Å². The first-order valence-electron chi connectivity index (χ1n) is 6.03. The van der Waals surface area contributed by atoms with Gasteiger partial charge in [0.25, 0.3) is 0 Å². The second-order valence-corrected chi connectivity index (χ2v) is 4.13. The minimum atomic E-state index is -0.470. The lowest BCUT2D eigenvalue weighted by Gasteiger charge is -2.03. The maximum atomic E-state index is 11.6.